The number of urea groups is 2. The van der Waals surface area contributed by atoms with Crippen molar-refractivity contribution in [2.75, 3.05) is 13.7 Å². The highest BCUT2D eigenvalue weighted by molar-refractivity contribution is 6.10. The Hall–Kier alpha value is -4.85. The minimum Gasteiger partial charge on any atom is -0.497 e. The Kier molecular flexibility index (Phi) is 4.78. The van der Waals surface area contributed by atoms with E-state index in [-0.39, 0.29) is 26.3 Å². The van der Waals surface area contributed by atoms with Crippen molar-refractivity contribution < 1.29 is 30.1 Å². The summed E-state index contributed by atoms with van der Waals surface area (Å²) in [5.41, 5.74) is 0.674. The molecule has 0 saturated carbocycles. The number of hydrogen-bond donors (Lipinski definition) is 4. The van der Waals surface area contributed by atoms with Gasteiger partial charge in [0, 0.05) is 19.1 Å². The van der Waals surface area contributed by atoms with Gasteiger partial charge in [-0.15, -0.1) is 0 Å². The topological polar surface area (TPSA) is 146 Å². The smallest absolute Gasteiger partial charge is 0.323 e. The maximum absolute atomic E-state index is 13.1. The highest BCUT2D eigenvalue weighted by Crippen LogP contribution is 2.39. The lowest BCUT2D eigenvalue weighted by Crippen LogP contribution is -2.54. The number of imide groups is 2. The molecule has 2 atom stereocenters. The summed E-state index contributed by atoms with van der Waals surface area (Å²) in [5.74, 6) is 5.09. The molecule has 2 aromatic rings. The van der Waals surface area contributed by atoms with Gasteiger partial charge >= 0.3 is 12.1 Å². The van der Waals surface area contributed by atoms with E-state index in [1.54, 1.807) is 36.4 Å². The number of fused-ring (bicyclic) bond motifs is 3. The molecule has 2 aromatic carbocycles. The van der Waals surface area contributed by atoms with Crippen molar-refractivity contribution in [3.63, 3.8) is 0 Å². The quantitative estimate of drug-likeness (QED) is 0.356. The summed E-state index contributed by atoms with van der Waals surface area (Å²) in [7, 11) is 1.51. The van der Waals surface area contributed by atoms with Gasteiger partial charge in [0.25, 0.3) is 17.7 Å². The van der Waals surface area contributed by atoms with Crippen molar-refractivity contribution in [3.05, 3.63) is 64.2 Å². The number of benzene rings is 2. The van der Waals surface area contributed by atoms with E-state index >= 15 is 0 Å². The Balaban J connectivity index is 0.00000294. The van der Waals surface area contributed by atoms with Gasteiger partial charge in [0.1, 0.15) is 11.3 Å². The normalized spacial score (nSPS) is 25.2. The molecule has 1 aliphatic carbocycles. The van der Waals surface area contributed by atoms with Crippen LogP contribution in [0, 0.1) is 11.8 Å². The average molecular weight is 501 g/mol. The van der Waals surface area contributed by atoms with Gasteiger partial charge in [0.05, 0.1) is 13.7 Å². The minimum atomic E-state index is -1.64. The average Bonchev–Trinajstić information content (AvgIpc) is 3.56. The number of amides is 7. The molecule has 11 heteroatoms. The van der Waals surface area contributed by atoms with Crippen molar-refractivity contribution >= 4 is 29.8 Å². The van der Waals surface area contributed by atoms with E-state index in [0.29, 0.717) is 35.3 Å². The maximum atomic E-state index is 13.1. The van der Waals surface area contributed by atoms with Crippen LogP contribution in [-0.2, 0) is 28.1 Å². The standard InChI is InChI=1S/C26H21N5O6.H2/c1-37-17-4-3-16-12-31(20(32)18(16)11-17)13-25(21(33)27-23(35)29-25)8-6-14-2-5-19-15(10-14)7-9-26(19)22(34)28-24(36)30-26;/h2-5,10-11H,7,9,12-13H2,1H3,(H2,27,29,33,35)(H2,28,30,34,36);1H/t25-,26?;/m1./s1. The molecule has 0 radical (unpaired) electrons. The summed E-state index contributed by atoms with van der Waals surface area (Å²) in [4.78, 5) is 63.7. The van der Waals surface area contributed by atoms with Gasteiger partial charge in [-0.2, -0.15) is 0 Å². The monoisotopic (exact) mass is 501 g/mol. The first-order valence-electron chi connectivity index (χ1n) is 11.6. The lowest BCUT2D eigenvalue weighted by Gasteiger charge is -2.26. The molecule has 37 heavy (non-hydrogen) atoms. The number of nitrogens with one attached hydrogen (secondary N) is 4. The zero-order valence-corrected chi connectivity index (χ0v) is 19.7. The number of nitrogens with zero attached hydrogens (tertiary/aromatic N) is 1. The number of aryl methyl sites for hydroxylation is 1. The van der Waals surface area contributed by atoms with Crippen molar-refractivity contribution in [3.8, 4) is 17.6 Å². The highest BCUT2D eigenvalue weighted by atomic mass is 16.5. The zero-order chi connectivity index (χ0) is 25.9. The van der Waals surface area contributed by atoms with Crippen LogP contribution in [0.1, 0.15) is 40.5 Å². The van der Waals surface area contributed by atoms with E-state index in [1.807, 2.05) is 0 Å². The largest absolute Gasteiger partial charge is 0.497 e. The molecule has 4 aliphatic rings. The molecule has 1 unspecified atom stereocenters. The number of ether oxygens (including phenoxy) is 1. The lowest BCUT2D eigenvalue weighted by molar-refractivity contribution is -0.124. The third-order valence-corrected chi connectivity index (χ3v) is 7.26. The second-order valence-corrected chi connectivity index (χ2v) is 9.43. The highest BCUT2D eigenvalue weighted by Gasteiger charge is 2.51. The fourth-order valence-electron chi connectivity index (χ4n) is 5.40. The van der Waals surface area contributed by atoms with Crippen LogP contribution in [0.3, 0.4) is 0 Å². The Labute approximate surface area is 212 Å². The summed E-state index contributed by atoms with van der Waals surface area (Å²) in [5, 5.41) is 9.83. The molecule has 3 aliphatic heterocycles. The summed E-state index contributed by atoms with van der Waals surface area (Å²) < 4.78 is 5.21. The van der Waals surface area contributed by atoms with Gasteiger partial charge < -0.3 is 20.3 Å². The second kappa shape index (κ2) is 7.83. The van der Waals surface area contributed by atoms with Crippen molar-refractivity contribution in [2.24, 2.45) is 0 Å². The number of rotatable bonds is 3. The van der Waals surface area contributed by atoms with E-state index in [1.165, 1.54) is 12.0 Å². The summed E-state index contributed by atoms with van der Waals surface area (Å²) in [6, 6.07) is 9.23. The van der Waals surface area contributed by atoms with Gasteiger partial charge in [-0.25, -0.2) is 9.59 Å². The van der Waals surface area contributed by atoms with Gasteiger partial charge in [-0.05, 0) is 53.8 Å². The maximum Gasteiger partial charge on any atom is 0.323 e. The Morgan fingerprint density at radius 1 is 0.973 bits per heavy atom. The van der Waals surface area contributed by atoms with E-state index in [0.717, 1.165) is 11.1 Å². The third-order valence-electron chi connectivity index (χ3n) is 7.26. The third kappa shape index (κ3) is 3.41. The van der Waals surface area contributed by atoms with Crippen LogP contribution in [0.15, 0.2) is 36.4 Å². The molecule has 7 amide bonds. The summed E-state index contributed by atoms with van der Waals surface area (Å²) >= 11 is 0. The van der Waals surface area contributed by atoms with Gasteiger partial charge in [-0.1, -0.05) is 24.0 Å². The summed E-state index contributed by atoms with van der Waals surface area (Å²) in [6.45, 7) is 0.118. The lowest BCUT2D eigenvalue weighted by atomic mass is 9.91. The van der Waals surface area contributed by atoms with Crippen molar-refractivity contribution in [2.45, 2.75) is 30.5 Å². The Morgan fingerprint density at radius 2 is 1.76 bits per heavy atom. The molecule has 0 aromatic heterocycles. The molecule has 188 valence electrons. The molecule has 3 heterocycles. The SMILES string of the molecule is COc1ccc2c(c1)C(=O)N(C[C@@]1(C#Cc3ccc4c(c3)CCC43NC(=O)NC3=O)NC(=O)NC1=O)C2.[HH]. The second-order valence-electron chi connectivity index (χ2n) is 9.43. The number of methoxy groups -OCH3 is 1. The predicted octanol–water partition coefficient (Wildman–Crippen LogP) is 0.508. The molecule has 2 saturated heterocycles. The van der Waals surface area contributed by atoms with Crippen LogP contribution in [0.2, 0.25) is 0 Å². The Morgan fingerprint density at radius 3 is 2.46 bits per heavy atom. The first-order chi connectivity index (χ1) is 17.7. The van der Waals surface area contributed by atoms with E-state index in [2.05, 4.69) is 33.1 Å². The first-order valence-corrected chi connectivity index (χ1v) is 11.6. The van der Waals surface area contributed by atoms with Crippen molar-refractivity contribution in [1.82, 2.24) is 26.2 Å². The number of carbonyl (C=O) groups excluding carboxylic acids is 5. The fraction of sp³-hybridized carbons (Fsp3) is 0.269. The molecular formula is C26H23N5O6. The molecule has 11 nitrogen and oxygen atoms in total. The van der Waals surface area contributed by atoms with Gasteiger partial charge in [0.2, 0.25) is 5.54 Å². The van der Waals surface area contributed by atoms with Crippen LogP contribution < -0.4 is 26.0 Å². The minimum absolute atomic E-state index is 0. The molecule has 6 rings (SSSR count). The molecule has 1 spiro atoms. The first kappa shape index (κ1) is 22.6. The Bertz CT molecular complexity index is 1510. The zero-order valence-electron chi connectivity index (χ0n) is 19.7. The number of carbonyl (C=O) groups is 5. The molecule has 4 N–H and O–H groups in total. The van der Waals surface area contributed by atoms with Crippen LogP contribution >= 0.6 is 0 Å². The van der Waals surface area contributed by atoms with Crippen LogP contribution in [0.5, 0.6) is 5.75 Å². The van der Waals surface area contributed by atoms with Crippen LogP contribution in [0.4, 0.5) is 9.59 Å². The van der Waals surface area contributed by atoms with Gasteiger partial charge in [0.15, 0.2) is 0 Å². The van der Waals surface area contributed by atoms with E-state index < -0.39 is 29.0 Å². The van der Waals surface area contributed by atoms with Crippen molar-refractivity contribution in [1.29, 1.82) is 0 Å². The van der Waals surface area contributed by atoms with E-state index in [4.69, 9.17) is 4.74 Å². The molecular weight excluding hydrogens is 478 g/mol. The predicted molar refractivity (Wildman–Crippen MR) is 129 cm³/mol. The number of hydrogen-bond acceptors (Lipinski definition) is 6. The van der Waals surface area contributed by atoms with Crippen LogP contribution in [0.25, 0.3) is 0 Å². The van der Waals surface area contributed by atoms with Crippen LogP contribution in [-0.4, -0.2) is 53.9 Å². The van der Waals surface area contributed by atoms with E-state index in [9.17, 15) is 24.0 Å². The van der Waals surface area contributed by atoms with Gasteiger partial charge in [-0.3, -0.25) is 25.0 Å². The fourth-order valence-corrected chi connectivity index (χ4v) is 5.40. The summed E-state index contributed by atoms with van der Waals surface area (Å²) in [6.07, 6.45) is 0.993. The molecule has 2 fully saturated rings. The molecule has 0 bridgehead atoms.